The first kappa shape index (κ1) is 19.9. The van der Waals surface area contributed by atoms with Gasteiger partial charge < -0.3 is 10.2 Å². The maximum absolute atomic E-state index is 12.8. The number of nitrogens with zero attached hydrogens (tertiary/aromatic N) is 2. The quantitative estimate of drug-likeness (QED) is 0.587. The number of benzene rings is 2. The number of nitro benzene ring substituents is 1. The number of carbonyl (C=O) groups excluding carboxylic acids is 1. The summed E-state index contributed by atoms with van der Waals surface area (Å²) in [5.41, 5.74) is 4.73. The standard InChI is InChI=1S/C22H27N3O3/c1-15-12-16(2)21(17(3)13-15)23-22(26)18-8-9-19(20(14-18)25(27)28)24-10-6-4-5-7-11-24/h8-9,12-14H,4-7,10-11H2,1-3H3,(H,23,26). The Balaban J connectivity index is 1.89. The van der Waals surface area contributed by atoms with E-state index in [2.05, 4.69) is 10.2 Å². The van der Waals surface area contributed by atoms with Crippen molar-refractivity contribution in [2.45, 2.75) is 46.5 Å². The molecular formula is C22H27N3O3. The van der Waals surface area contributed by atoms with E-state index in [0.717, 1.165) is 61.2 Å². The Kier molecular flexibility index (Phi) is 5.97. The van der Waals surface area contributed by atoms with E-state index in [4.69, 9.17) is 0 Å². The smallest absolute Gasteiger partial charge is 0.293 e. The lowest BCUT2D eigenvalue weighted by atomic mass is 10.0. The molecule has 2 aromatic carbocycles. The van der Waals surface area contributed by atoms with Gasteiger partial charge >= 0.3 is 0 Å². The summed E-state index contributed by atoms with van der Waals surface area (Å²) in [6, 6.07) is 8.81. The molecule has 0 aliphatic carbocycles. The lowest BCUT2D eigenvalue weighted by Crippen LogP contribution is -2.25. The fraction of sp³-hybridized carbons (Fsp3) is 0.409. The third-order valence-corrected chi connectivity index (χ3v) is 5.30. The van der Waals surface area contributed by atoms with Crippen molar-refractivity contribution >= 4 is 23.0 Å². The molecule has 1 heterocycles. The van der Waals surface area contributed by atoms with Crippen molar-refractivity contribution < 1.29 is 9.72 Å². The van der Waals surface area contributed by atoms with E-state index < -0.39 is 0 Å². The second-order valence-electron chi connectivity index (χ2n) is 7.59. The highest BCUT2D eigenvalue weighted by molar-refractivity contribution is 6.06. The lowest BCUT2D eigenvalue weighted by Gasteiger charge is -2.22. The van der Waals surface area contributed by atoms with Gasteiger partial charge in [0.2, 0.25) is 0 Å². The van der Waals surface area contributed by atoms with E-state index in [-0.39, 0.29) is 16.5 Å². The van der Waals surface area contributed by atoms with Gasteiger partial charge in [-0.3, -0.25) is 14.9 Å². The number of hydrogen-bond donors (Lipinski definition) is 1. The van der Waals surface area contributed by atoms with Gasteiger partial charge in [0.1, 0.15) is 5.69 Å². The summed E-state index contributed by atoms with van der Waals surface area (Å²) in [6.45, 7) is 7.53. The van der Waals surface area contributed by atoms with Crippen molar-refractivity contribution in [1.29, 1.82) is 0 Å². The molecule has 6 heteroatoms. The first-order chi connectivity index (χ1) is 13.4. The van der Waals surface area contributed by atoms with Crippen LogP contribution in [0.4, 0.5) is 17.1 Å². The van der Waals surface area contributed by atoms with E-state index in [9.17, 15) is 14.9 Å². The van der Waals surface area contributed by atoms with E-state index in [1.807, 2.05) is 32.9 Å². The average Bonchev–Trinajstić information content (AvgIpc) is 2.93. The number of carbonyl (C=O) groups is 1. The molecule has 1 N–H and O–H groups in total. The molecule has 0 unspecified atom stereocenters. The molecule has 1 saturated heterocycles. The van der Waals surface area contributed by atoms with Gasteiger partial charge in [-0.2, -0.15) is 0 Å². The number of anilines is 2. The highest BCUT2D eigenvalue weighted by Gasteiger charge is 2.23. The molecular weight excluding hydrogens is 354 g/mol. The molecule has 0 atom stereocenters. The van der Waals surface area contributed by atoms with Crippen LogP contribution in [0.25, 0.3) is 0 Å². The van der Waals surface area contributed by atoms with Crippen LogP contribution in [0, 0.1) is 30.9 Å². The molecule has 1 fully saturated rings. The summed E-state index contributed by atoms with van der Waals surface area (Å²) in [5.74, 6) is -0.333. The maximum Gasteiger partial charge on any atom is 0.293 e. The topological polar surface area (TPSA) is 75.5 Å². The zero-order chi connectivity index (χ0) is 20.3. The number of nitrogens with one attached hydrogen (secondary N) is 1. The van der Waals surface area contributed by atoms with Crippen LogP contribution < -0.4 is 10.2 Å². The Hall–Kier alpha value is -2.89. The minimum Gasteiger partial charge on any atom is -0.366 e. The van der Waals surface area contributed by atoms with Crippen LogP contribution >= 0.6 is 0 Å². The Morgan fingerprint density at radius 1 is 1.00 bits per heavy atom. The fourth-order valence-electron chi connectivity index (χ4n) is 3.95. The van der Waals surface area contributed by atoms with Crippen molar-refractivity contribution in [2.75, 3.05) is 23.3 Å². The van der Waals surface area contributed by atoms with Crippen molar-refractivity contribution in [1.82, 2.24) is 0 Å². The predicted octanol–water partition coefficient (Wildman–Crippen LogP) is 5.15. The van der Waals surface area contributed by atoms with Crippen LogP contribution in [0.15, 0.2) is 30.3 Å². The van der Waals surface area contributed by atoms with Crippen LogP contribution in [0.1, 0.15) is 52.7 Å². The van der Waals surface area contributed by atoms with E-state index in [0.29, 0.717) is 11.3 Å². The minimum absolute atomic E-state index is 0.00750. The van der Waals surface area contributed by atoms with Gasteiger partial charge in [-0.15, -0.1) is 0 Å². The zero-order valence-corrected chi connectivity index (χ0v) is 16.7. The molecule has 0 spiro atoms. The molecule has 148 valence electrons. The van der Waals surface area contributed by atoms with Gasteiger partial charge in [0, 0.05) is 30.4 Å². The number of aryl methyl sites for hydroxylation is 3. The van der Waals surface area contributed by atoms with Crippen LogP contribution in [0.5, 0.6) is 0 Å². The summed E-state index contributed by atoms with van der Waals surface area (Å²) in [5, 5.41) is 14.6. The normalized spacial score (nSPS) is 14.5. The molecule has 0 saturated carbocycles. The van der Waals surface area contributed by atoms with E-state index in [1.165, 1.54) is 6.07 Å². The third kappa shape index (κ3) is 4.32. The average molecular weight is 381 g/mol. The predicted molar refractivity (Wildman–Crippen MR) is 112 cm³/mol. The highest BCUT2D eigenvalue weighted by Crippen LogP contribution is 2.31. The van der Waals surface area contributed by atoms with Gasteiger partial charge in [-0.25, -0.2) is 0 Å². The van der Waals surface area contributed by atoms with Gasteiger partial charge in [0.25, 0.3) is 11.6 Å². The number of nitro groups is 1. The molecule has 0 radical (unpaired) electrons. The molecule has 1 aliphatic rings. The third-order valence-electron chi connectivity index (χ3n) is 5.30. The number of hydrogen-bond acceptors (Lipinski definition) is 4. The lowest BCUT2D eigenvalue weighted by molar-refractivity contribution is -0.384. The van der Waals surface area contributed by atoms with Crippen LogP contribution in [0.2, 0.25) is 0 Å². The first-order valence-corrected chi connectivity index (χ1v) is 9.79. The molecule has 28 heavy (non-hydrogen) atoms. The SMILES string of the molecule is Cc1cc(C)c(NC(=O)c2ccc(N3CCCCCC3)c([N+](=O)[O-])c2)c(C)c1. The summed E-state index contributed by atoms with van der Waals surface area (Å²) in [7, 11) is 0. The summed E-state index contributed by atoms with van der Waals surface area (Å²) in [6.07, 6.45) is 4.37. The van der Waals surface area contributed by atoms with Crippen molar-refractivity contribution in [3.05, 3.63) is 62.7 Å². The van der Waals surface area contributed by atoms with Crippen LogP contribution in [0.3, 0.4) is 0 Å². The molecule has 1 amide bonds. The first-order valence-electron chi connectivity index (χ1n) is 9.79. The Morgan fingerprint density at radius 2 is 1.61 bits per heavy atom. The van der Waals surface area contributed by atoms with E-state index in [1.54, 1.807) is 12.1 Å². The second-order valence-corrected chi connectivity index (χ2v) is 7.59. The molecule has 3 rings (SSSR count). The van der Waals surface area contributed by atoms with E-state index >= 15 is 0 Å². The maximum atomic E-state index is 12.8. The highest BCUT2D eigenvalue weighted by atomic mass is 16.6. The van der Waals surface area contributed by atoms with Gasteiger partial charge in [-0.1, -0.05) is 30.5 Å². The zero-order valence-electron chi connectivity index (χ0n) is 16.7. The number of rotatable bonds is 4. The Bertz CT molecular complexity index is 877. The molecule has 0 aromatic heterocycles. The van der Waals surface area contributed by atoms with Gasteiger partial charge in [0.15, 0.2) is 0 Å². The van der Waals surface area contributed by atoms with Crippen LogP contribution in [-0.4, -0.2) is 23.9 Å². The summed E-state index contributed by atoms with van der Waals surface area (Å²) in [4.78, 5) is 26.1. The largest absolute Gasteiger partial charge is 0.366 e. The summed E-state index contributed by atoms with van der Waals surface area (Å²) < 4.78 is 0. The molecule has 2 aromatic rings. The minimum atomic E-state index is -0.390. The van der Waals surface area contributed by atoms with Crippen LogP contribution in [-0.2, 0) is 0 Å². The molecule has 1 aliphatic heterocycles. The van der Waals surface area contributed by atoms with Crippen molar-refractivity contribution in [3.63, 3.8) is 0 Å². The second kappa shape index (κ2) is 8.42. The Labute approximate surface area is 165 Å². The van der Waals surface area contributed by atoms with Crippen molar-refractivity contribution in [3.8, 4) is 0 Å². The monoisotopic (exact) mass is 381 g/mol. The molecule has 6 nitrogen and oxygen atoms in total. The fourth-order valence-corrected chi connectivity index (χ4v) is 3.95. The van der Waals surface area contributed by atoms with Gasteiger partial charge in [0.05, 0.1) is 4.92 Å². The van der Waals surface area contributed by atoms with Crippen molar-refractivity contribution in [2.24, 2.45) is 0 Å². The Morgan fingerprint density at radius 3 is 2.18 bits per heavy atom. The summed E-state index contributed by atoms with van der Waals surface area (Å²) >= 11 is 0. The van der Waals surface area contributed by atoms with Gasteiger partial charge in [-0.05, 0) is 56.9 Å². The molecule has 0 bridgehead atoms. The number of amides is 1.